The van der Waals surface area contributed by atoms with Gasteiger partial charge in [0.1, 0.15) is 13.2 Å². The molecule has 0 aromatic heterocycles. The van der Waals surface area contributed by atoms with Crippen molar-refractivity contribution in [2.24, 2.45) is 0 Å². The fraction of sp³-hybridized carbons (Fsp3) is 0.894. The van der Waals surface area contributed by atoms with Gasteiger partial charge >= 0.3 is 17.9 Å². The zero-order chi connectivity index (χ0) is 38.7. The molecular weight excluding hydrogens is 661 g/mol. The van der Waals surface area contributed by atoms with E-state index in [2.05, 4.69) is 32.9 Å². The van der Waals surface area contributed by atoms with E-state index in [1.54, 1.807) is 0 Å². The maximum atomic E-state index is 12.6. The van der Waals surface area contributed by atoms with Crippen LogP contribution in [-0.2, 0) is 28.6 Å². The van der Waals surface area contributed by atoms with E-state index < -0.39 is 6.10 Å². The topological polar surface area (TPSA) is 78.9 Å². The summed E-state index contributed by atoms with van der Waals surface area (Å²) >= 11 is 0. The predicted molar refractivity (Wildman–Crippen MR) is 224 cm³/mol. The van der Waals surface area contributed by atoms with Crippen molar-refractivity contribution in [3.05, 3.63) is 12.2 Å². The highest BCUT2D eigenvalue weighted by atomic mass is 16.6. The van der Waals surface area contributed by atoms with Gasteiger partial charge in [-0.25, -0.2) is 0 Å². The number of unbranched alkanes of at least 4 members (excludes halogenated alkanes) is 29. The van der Waals surface area contributed by atoms with Gasteiger partial charge in [0, 0.05) is 19.3 Å². The maximum absolute atomic E-state index is 12.6. The molecular formula is C47H88O6. The average Bonchev–Trinajstić information content (AvgIpc) is 3.15. The molecule has 0 radical (unpaired) electrons. The van der Waals surface area contributed by atoms with E-state index in [1.807, 2.05) is 0 Å². The first kappa shape index (κ1) is 51.1. The summed E-state index contributed by atoms with van der Waals surface area (Å²) in [6.45, 7) is 6.59. The van der Waals surface area contributed by atoms with E-state index in [4.69, 9.17) is 14.2 Å². The van der Waals surface area contributed by atoms with Crippen LogP contribution in [0.4, 0.5) is 0 Å². The summed E-state index contributed by atoms with van der Waals surface area (Å²) in [7, 11) is 0. The van der Waals surface area contributed by atoms with E-state index in [1.165, 1.54) is 154 Å². The maximum Gasteiger partial charge on any atom is 0.306 e. The zero-order valence-corrected chi connectivity index (χ0v) is 35.6. The van der Waals surface area contributed by atoms with Crippen LogP contribution in [-0.4, -0.2) is 37.2 Å². The molecule has 1 unspecified atom stereocenters. The molecule has 0 fully saturated rings. The van der Waals surface area contributed by atoms with Crippen LogP contribution in [0.2, 0.25) is 0 Å². The van der Waals surface area contributed by atoms with Gasteiger partial charge in [0.2, 0.25) is 0 Å². The second kappa shape index (κ2) is 42.9. The monoisotopic (exact) mass is 749 g/mol. The van der Waals surface area contributed by atoms with Gasteiger partial charge in [0.15, 0.2) is 6.10 Å². The molecule has 0 N–H and O–H groups in total. The summed E-state index contributed by atoms with van der Waals surface area (Å²) in [5.41, 5.74) is 0. The Hall–Kier alpha value is -1.85. The molecule has 0 aromatic carbocycles. The molecule has 6 nitrogen and oxygen atoms in total. The minimum absolute atomic E-state index is 0.0681. The normalized spacial score (nSPS) is 12.0. The van der Waals surface area contributed by atoms with Crippen molar-refractivity contribution in [2.45, 2.75) is 258 Å². The second-order valence-electron chi connectivity index (χ2n) is 15.7. The van der Waals surface area contributed by atoms with Gasteiger partial charge in [-0.1, -0.05) is 200 Å². The molecule has 0 spiro atoms. The van der Waals surface area contributed by atoms with Crippen molar-refractivity contribution in [3.8, 4) is 0 Å². The SMILES string of the molecule is CCCCCCCCC/C=C\CCCCCCCCCC(=O)OCC(COC(=O)CCCCCCCCC)OC(=O)CCCCCCCCCCCC. The molecule has 0 aliphatic carbocycles. The number of allylic oxidation sites excluding steroid dienone is 2. The Morgan fingerprint density at radius 1 is 0.358 bits per heavy atom. The number of esters is 3. The van der Waals surface area contributed by atoms with Gasteiger partial charge < -0.3 is 14.2 Å². The Morgan fingerprint density at radius 3 is 0.943 bits per heavy atom. The molecule has 0 bridgehead atoms. The van der Waals surface area contributed by atoms with Crippen molar-refractivity contribution in [1.29, 1.82) is 0 Å². The molecule has 0 aliphatic heterocycles. The van der Waals surface area contributed by atoms with Crippen LogP contribution < -0.4 is 0 Å². The minimum Gasteiger partial charge on any atom is -0.462 e. The second-order valence-corrected chi connectivity index (χ2v) is 15.7. The van der Waals surface area contributed by atoms with E-state index in [-0.39, 0.29) is 31.1 Å². The van der Waals surface area contributed by atoms with Crippen LogP contribution in [0, 0.1) is 0 Å². The molecule has 0 saturated carbocycles. The third-order valence-electron chi connectivity index (χ3n) is 10.3. The van der Waals surface area contributed by atoms with Crippen LogP contribution >= 0.6 is 0 Å². The first-order valence-corrected chi connectivity index (χ1v) is 23.2. The Morgan fingerprint density at radius 2 is 0.623 bits per heavy atom. The molecule has 0 saturated heterocycles. The van der Waals surface area contributed by atoms with E-state index >= 15 is 0 Å². The Bertz CT molecular complexity index is 824. The van der Waals surface area contributed by atoms with Crippen molar-refractivity contribution < 1.29 is 28.6 Å². The van der Waals surface area contributed by atoms with Crippen molar-refractivity contribution in [2.75, 3.05) is 13.2 Å². The summed E-state index contributed by atoms with van der Waals surface area (Å²) in [6.07, 6.45) is 44.9. The van der Waals surface area contributed by atoms with Crippen molar-refractivity contribution >= 4 is 17.9 Å². The van der Waals surface area contributed by atoms with Crippen LogP contribution in [0.3, 0.4) is 0 Å². The van der Waals surface area contributed by atoms with Crippen LogP contribution in [0.1, 0.15) is 252 Å². The van der Waals surface area contributed by atoms with Crippen LogP contribution in [0.5, 0.6) is 0 Å². The molecule has 1 atom stereocenters. The third kappa shape index (κ3) is 41.2. The lowest BCUT2D eigenvalue weighted by Crippen LogP contribution is -2.30. The van der Waals surface area contributed by atoms with E-state index in [0.717, 1.165) is 57.8 Å². The summed E-state index contributed by atoms with van der Waals surface area (Å²) in [5, 5.41) is 0. The molecule has 0 aliphatic rings. The van der Waals surface area contributed by atoms with Gasteiger partial charge in [-0.2, -0.15) is 0 Å². The first-order valence-electron chi connectivity index (χ1n) is 23.2. The molecule has 6 heteroatoms. The summed E-state index contributed by atoms with van der Waals surface area (Å²) in [5.74, 6) is -0.873. The number of rotatable bonds is 42. The minimum atomic E-state index is -0.761. The van der Waals surface area contributed by atoms with Gasteiger partial charge in [0.25, 0.3) is 0 Å². The lowest BCUT2D eigenvalue weighted by atomic mass is 10.1. The largest absolute Gasteiger partial charge is 0.462 e. The number of ether oxygens (including phenoxy) is 3. The standard InChI is InChI=1S/C47H88O6/c1-4-7-10-13-16-18-20-21-22-23-24-25-26-27-29-31-34-37-40-46(49)52-43-44(42-51-45(48)39-36-33-30-15-12-9-6-3)53-47(50)41-38-35-32-28-19-17-14-11-8-5-2/h22-23,44H,4-21,24-43H2,1-3H3/b23-22-. The van der Waals surface area contributed by atoms with Gasteiger partial charge in [0.05, 0.1) is 0 Å². The smallest absolute Gasteiger partial charge is 0.306 e. The lowest BCUT2D eigenvalue weighted by Gasteiger charge is -2.18. The van der Waals surface area contributed by atoms with Crippen LogP contribution in [0.25, 0.3) is 0 Å². The Kier molecular flexibility index (Phi) is 41.4. The summed E-state index contributed by atoms with van der Waals surface area (Å²) in [4.78, 5) is 37.5. The highest BCUT2D eigenvalue weighted by molar-refractivity contribution is 5.71. The predicted octanol–water partition coefficient (Wildman–Crippen LogP) is 14.6. The van der Waals surface area contributed by atoms with Gasteiger partial charge in [-0.15, -0.1) is 0 Å². The van der Waals surface area contributed by atoms with Crippen molar-refractivity contribution in [3.63, 3.8) is 0 Å². The number of carbonyl (C=O) groups is 3. The number of hydrogen-bond donors (Lipinski definition) is 0. The summed E-state index contributed by atoms with van der Waals surface area (Å²) < 4.78 is 16.6. The molecule has 0 rings (SSSR count). The first-order chi connectivity index (χ1) is 26.0. The number of carbonyl (C=O) groups excluding carboxylic acids is 3. The lowest BCUT2D eigenvalue weighted by molar-refractivity contribution is -0.167. The fourth-order valence-electron chi connectivity index (χ4n) is 6.73. The zero-order valence-electron chi connectivity index (χ0n) is 35.6. The Labute approximate surface area is 329 Å². The number of hydrogen-bond acceptors (Lipinski definition) is 6. The molecule has 53 heavy (non-hydrogen) atoms. The quantitative estimate of drug-likeness (QED) is 0.0268. The molecule has 0 aromatic rings. The Balaban J connectivity index is 4.21. The van der Waals surface area contributed by atoms with E-state index in [0.29, 0.717) is 19.3 Å². The highest BCUT2D eigenvalue weighted by Gasteiger charge is 2.19. The average molecular weight is 749 g/mol. The summed E-state index contributed by atoms with van der Waals surface area (Å²) in [6, 6.07) is 0. The van der Waals surface area contributed by atoms with Crippen LogP contribution in [0.15, 0.2) is 12.2 Å². The van der Waals surface area contributed by atoms with Gasteiger partial charge in [-0.3, -0.25) is 14.4 Å². The highest BCUT2D eigenvalue weighted by Crippen LogP contribution is 2.15. The third-order valence-corrected chi connectivity index (χ3v) is 10.3. The van der Waals surface area contributed by atoms with E-state index in [9.17, 15) is 14.4 Å². The van der Waals surface area contributed by atoms with Gasteiger partial charge in [-0.05, 0) is 44.9 Å². The molecule has 0 heterocycles. The van der Waals surface area contributed by atoms with Crippen molar-refractivity contribution in [1.82, 2.24) is 0 Å². The molecule has 0 amide bonds. The molecule has 312 valence electrons. The fourth-order valence-corrected chi connectivity index (χ4v) is 6.73.